The van der Waals surface area contributed by atoms with E-state index in [1.165, 1.54) is 0 Å². The van der Waals surface area contributed by atoms with E-state index >= 15 is 0 Å². The quantitative estimate of drug-likeness (QED) is 0.727. The van der Waals surface area contributed by atoms with Crippen LogP contribution in [0.4, 0.5) is 0 Å². The van der Waals surface area contributed by atoms with Crippen LogP contribution < -0.4 is 5.32 Å². The largest absolute Gasteiger partial charge is 0.439 e. The third-order valence-corrected chi connectivity index (χ3v) is 2.53. The first-order valence-corrected chi connectivity index (χ1v) is 5.04. The van der Waals surface area contributed by atoms with E-state index in [1.807, 2.05) is 6.92 Å². The van der Waals surface area contributed by atoms with Crippen LogP contribution in [0.5, 0.6) is 0 Å². The van der Waals surface area contributed by atoms with Crippen LogP contribution in [0, 0.1) is 6.92 Å². The highest BCUT2D eigenvalue weighted by atomic mass is 16.4. The Kier molecular flexibility index (Phi) is 1.85. The summed E-state index contributed by atoms with van der Waals surface area (Å²) in [5, 5.41) is 3.29. The van der Waals surface area contributed by atoms with Crippen LogP contribution >= 0.6 is 0 Å². The van der Waals surface area contributed by atoms with Gasteiger partial charge in [0.15, 0.2) is 5.82 Å². The number of hydrogen-bond acceptors (Lipinski definition) is 4. The molecule has 2 aromatic rings. The highest BCUT2D eigenvalue weighted by molar-refractivity contribution is 5.43. The van der Waals surface area contributed by atoms with E-state index in [0.717, 1.165) is 42.5 Å². The van der Waals surface area contributed by atoms with Crippen molar-refractivity contribution in [2.75, 3.05) is 6.54 Å². The molecule has 3 rings (SSSR count). The second-order valence-corrected chi connectivity index (χ2v) is 3.71. The Bertz CT molecular complexity index is 462. The molecular weight excluding hydrogens is 192 g/mol. The molecule has 15 heavy (non-hydrogen) atoms. The molecule has 5 nitrogen and oxygen atoms in total. The van der Waals surface area contributed by atoms with Crippen LogP contribution in [0.25, 0.3) is 11.7 Å². The molecule has 0 fully saturated rings. The van der Waals surface area contributed by atoms with Gasteiger partial charge < -0.3 is 14.7 Å². The van der Waals surface area contributed by atoms with Crippen molar-refractivity contribution in [3.8, 4) is 11.7 Å². The number of imidazole rings is 1. The molecule has 0 atom stereocenters. The van der Waals surface area contributed by atoms with E-state index in [2.05, 4.69) is 20.3 Å². The Morgan fingerprint density at radius 1 is 1.47 bits per heavy atom. The van der Waals surface area contributed by atoms with Gasteiger partial charge in [0.25, 0.3) is 5.89 Å². The lowest BCUT2D eigenvalue weighted by Crippen LogP contribution is -2.23. The van der Waals surface area contributed by atoms with E-state index in [-0.39, 0.29) is 0 Å². The number of rotatable bonds is 1. The predicted molar refractivity (Wildman–Crippen MR) is 54.2 cm³/mol. The number of hydrogen-bond donors (Lipinski definition) is 2. The number of nitrogens with zero attached hydrogens (tertiary/aromatic N) is 2. The topological polar surface area (TPSA) is 66.7 Å². The zero-order chi connectivity index (χ0) is 10.3. The average molecular weight is 204 g/mol. The van der Waals surface area contributed by atoms with Gasteiger partial charge in [-0.15, -0.1) is 0 Å². The Morgan fingerprint density at radius 2 is 2.40 bits per heavy atom. The van der Waals surface area contributed by atoms with E-state index in [1.54, 1.807) is 6.20 Å². The Labute approximate surface area is 86.9 Å². The fourth-order valence-electron chi connectivity index (χ4n) is 1.78. The molecule has 1 aliphatic rings. The smallest absolute Gasteiger partial charge is 0.263 e. The van der Waals surface area contributed by atoms with Crippen LogP contribution in [0.3, 0.4) is 0 Å². The fraction of sp³-hybridized carbons (Fsp3) is 0.400. The van der Waals surface area contributed by atoms with Crippen LogP contribution in [0.2, 0.25) is 0 Å². The Balaban J connectivity index is 2.02. The molecule has 0 unspecified atom stereocenters. The first-order valence-electron chi connectivity index (χ1n) is 5.04. The molecule has 0 radical (unpaired) electrons. The summed E-state index contributed by atoms with van der Waals surface area (Å²) in [5.74, 6) is 2.11. The molecule has 1 aliphatic heterocycles. The van der Waals surface area contributed by atoms with E-state index in [9.17, 15) is 0 Å². The number of H-pyrrole nitrogens is 1. The van der Waals surface area contributed by atoms with Crippen LogP contribution in [0.15, 0.2) is 10.6 Å². The summed E-state index contributed by atoms with van der Waals surface area (Å²) in [7, 11) is 0. The van der Waals surface area contributed by atoms with Crippen LogP contribution in [-0.4, -0.2) is 21.5 Å². The fourth-order valence-corrected chi connectivity index (χ4v) is 1.78. The van der Waals surface area contributed by atoms with Gasteiger partial charge in [0.2, 0.25) is 0 Å². The summed E-state index contributed by atoms with van der Waals surface area (Å²) in [4.78, 5) is 11.9. The maximum atomic E-state index is 5.42. The molecule has 2 aromatic heterocycles. The van der Waals surface area contributed by atoms with Crippen molar-refractivity contribution < 1.29 is 4.42 Å². The number of fused-ring (bicyclic) bond motifs is 1. The van der Waals surface area contributed by atoms with E-state index < -0.39 is 0 Å². The zero-order valence-electron chi connectivity index (χ0n) is 8.50. The highest BCUT2D eigenvalue weighted by Crippen LogP contribution is 2.19. The minimum absolute atomic E-state index is 0.571. The molecule has 0 saturated heterocycles. The standard InChI is InChI=1S/C10H12N4O/c1-6-4-12-10(15-6)9-13-7-2-3-11-5-8(7)14-9/h4,11H,2-3,5H2,1H3,(H,13,14). The van der Waals surface area contributed by atoms with Gasteiger partial charge in [0.1, 0.15) is 5.76 Å². The van der Waals surface area contributed by atoms with Crippen molar-refractivity contribution in [1.82, 2.24) is 20.3 Å². The summed E-state index contributed by atoms with van der Waals surface area (Å²) in [6, 6.07) is 0. The van der Waals surface area contributed by atoms with Crippen molar-refractivity contribution >= 4 is 0 Å². The number of nitrogens with one attached hydrogen (secondary N) is 2. The van der Waals surface area contributed by atoms with Crippen molar-refractivity contribution in [3.63, 3.8) is 0 Å². The SMILES string of the molecule is Cc1cnc(-c2nc3c([nH]2)CNCC3)o1. The first kappa shape index (κ1) is 8.67. The summed E-state index contributed by atoms with van der Waals surface area (Å²) in [5.41, 5.74) is 2.27. The van der Waals surface area contributed by atoms with Gasteiger partial charge in [-0.2, -0.15) is 0 Å². The number of aromatic nitrogens is 3. The second kappa shape index (κ2) is 3.20. The number of aryl methyl sites for hydroxylation is 1. The molecule has 0 spiro atoms. The molecule has 2 N–H and O–H groups in total. The van der Waals surface area contributed by atoms with Crippen molar-refractivity contribution in [2.24, 2.45) is 0 Å². The molecule has 5 heteroatoms. The minimum Gasteiger partial charge on any atom is -0.439 e. The summed E-state index contributed by atoms with van der Waals surface area (Å²) >= 11 is 0. The maximum absolute atomic E-state index is 5.42. The Hall–Kier alpha value is -1.62. The number of aromatic amines is 1. The summed E-state index contributed by atoms with van der Waals surface area (Å²) in [6.07, 6.45) is 2.67. The van der Waals surface area contributed by atoms with Gasteiger partial charge in [-0.1, -0.05) is 0 Å². The zero-order valence-corrected chi connectivity index (χ0v) is 8.50. The Morgan fingerprint density at radius 3 is 3.13 bits per heavy atom. The van der Waals surface area contributed by atoms with Gasteiger partial charge in [0.05, 0.1) is 17.6 Å². The van der Waals surface area contributed by atoms with Gasteiger partial charge in [-0.25, -0.2) is 9.97 Å². The molecule has 0 aliphatic carbocycles. The van der Waals surface area contributed by atoms with Gasteiger partial charge in [-0.05, 0) is 6.92 Å². The average Bonchev–Trinajstić information content (AvgIpc) is 2.82. The van der Waals surface area contributed by atoms with E-state index in [0.29, 0.717) is 5.89 Å². The normalized spacial score (nSPS) is 15.3. The van der Waals surface area contributed by atoms with Crippen molar-refractivity contribution in [2.45, 2.75) is 19.9 Å². The first-order chi connectivity index (χ1) is 7.33. The van der Waals surface area contributed by atoms with Gasteiger partial charge in [0, 0.05) is 19.5 Å². The third-order valence-electron chi connectivity index (χ3n) is 2.53. The lowest BCUT2D eigenvalue weighted by Gasteiger charge is -2.09. The summed E-state index contributed by atoms with van der Waals surface area (Å²) < 4.78 is 5.42. The minimum atomic E-state index is 0.571. The van der Waals surface area contributed by atoms with Crippen LogP contribution in [0.1, 0.15) is 17.1 Å². The third kappa shape index (κ3) is 1.45. The highest BCUT2D eigenvalue weighted by Gasteiger charge is 2.16. The molecule has 0 amide bonds. The predicted octanol–water partition coefficient (Wildman–Crippen LogP) is 1.02. The molecule has 0 saturated carbocycles. The van der Waals surface area contributed by atoms with Gasteiger partial charge >= 0.3 is 0 Å². The molecule has 3 heterocycles. The van der Waals surface area contributed by atoms with Gasteiger partial charge in [-0.3, -0.25) is 0 Å². The van der Waals surface area contributed by atoms with Crippen molar-refractivity contribution in [1.29, 1.82) is 0 Å². The van der Waals surface area contributed by atoms with E-state index in [4.69, 9.17) is 4.42 Å². The van der Waals surface area contributed by atoms with Crippen molar-refractivity contribution in [3.05, 3.63) is 23.3 Å². The second-order valence-electron chi connectivity index (χ2n) is 3.71. The molecular formula is C10H12N4O. The molecule has 0 aromatic carbocycles. The summed E-state index contributed by atoms with van der Waals surface area (Å²) in [6.45, 7) is 3.71. The monoisotopic (exact) mass is 204 g/mol. The molecule has 78 valence electrons. The lowest BCUT2D eigenvalue weighted by atomic mass is 10.2. The number of oxazole rings is 1. The lowest BCUT2D eigenvalue weighted by molar-refractivity contribution is 0.538. The molecule has 0 bridgehead atoms. The maximum Gasteiger partial charge on any atom is 0.263 e. The van der Waals surface area contributed by atoms with Crippen LogP contribution in [-0.2, 0) is 13.0 Å².